The Morgan fingerprint density at radius 2 is 1.74 bits per heavy atom. The first-order valence-electron chi connectivity index (χ1n) is 9.01. The second-order valence-electron chi connectivity index (χ2n) is 6.09. The first-order valence-corrected chi connectivity index (χ1v) is 9.01. The molecule has 3 aromatic rings. The Labute approximate surface area is 157 Å². The van der Waals surface area contributed by atoms with Gasteiger partial charge in [-0.3, -0.25) is 4.79 Å². The molecule has 0 radical (unpaired) electrons. The number of aryl methyl sites for hydroxylation is 1. The average molecular weight is 366 g/mol. The van der Waals surface area contributed by atoms with Crippen molar-refractivity contribution in [2.24, 2.45) is 0 Å². The van der Waals surface area contributed by atoms with Crippen LogP contribution in [0.25, 0.3) is 11.0 Å². The predicted molar refractivity (Wildman–Crippen MR) is 102 cm³/mol. The van der Waals surface area contributed by atoms with Crippen molar-refractivity contribution in [3.63, 3.8) is 0 Å². The molecule has 0 fully saturated rings. The van der Waals surface area contributed by atoms with Crippen molar-refractivity contribution in [3.8, 4) is 0 Å². The van der Waals surface area contributed by atoms with E-state index in [0.29, 0.717) is 23.3 Å². The van der Waals surface area contributed by atoms with Crippen LogP contribution in [0.3, 0.4) is 0 Å². The highest BCUT2D eigenvalue weighted by Gasteiger charge is 2.22. The minimum absolute atomic E-state index is 0.0822. The molecule has 5 heteroatoms. The summed E-state index contributed by atoms with van der Waals surface area (Å²) in [6.45, 7) is 4.34. The maximum absolute atomic E-state index is 12.5. The average Bonchev–Trinajstić information content (AvgIpc) is 3.09. The monoisotopic (exact) mass is 366 g/mol. The largest absolute Gasteiger partial charge is 0.451 e. The highest BCUT2D eigenvalue weighted by Crippen LogP contribution is 2.27. The van der Waals surface area contributed by atoms with Crippen molar-refractivity contribution in [3.05, 3.63) is 71.0 Å². The van der Waals surface area contributed by atoms with Crippen LogP contribution in [0.4, 0.5) is 0 Å². The van der Waals surface area contributed by atoms with E-state index in [-0.39, 0.29) is 24.8 Å². The number of rotatable bonds is 8. The molecule has 2 aromatic carbocycles. The first kappa shape index (κ1) is 18.9. The molecule has 5 nitrogen and oxygen atoms in total. The van der Waals surface area contributed by atoms with Crippen LogP contribution < -0.4 is 0 Å². The summed E-state index contributed by atoms with van der Waals surface area (Å²) in [7, 11) is 0. The van der Waals surface area contributed by atoms with E-state index in [1.54, 1.807) is 18.2 Å². The van der Waals surface area contributed by atoms with Gasteiger partial charge in [-0.1, -0.05) is 49.4 Å². The minimum Gasteiger partial charge on any atom is -0.451 e. The molecule has 140 valence electrons. The Kier molecular flexibility index (Phi) is 6.04. The summed E-state index contributed by atoms with van der Waals surface area (Å²) in [6.07, 6.45) is 0.901. The molecule has 0 spiro atoms. The molecule has 0 N–H and O–H groups in total. The summed E-state index contributed by atoms with van der Waals surface area (Å²) in [5.74, 6) is -0.841. The number of hydrogen-bond acceptors (Lipinski definition) is 5. The SMILES string of the molecule is CCOCc1c(C(=O)OCC(=O)c2ccc(CC)cc2)oc2ccccc12. The lowest BCUT2D eigenvalue weighted by molar-refractivity contribution is 0.0439. The van der Waals surface area contributed by atoms with E-state index in [9.17, 15) is 9.59 Å². The highest BCUT2D eigenvalue weighted by atomic mass is 16.5. The van der Waals surface area contributed by atoms with Gasteiger partial charge in [0.1, 0.15) is 5.58 Å². The van der Waals surface area contributed by atoms with E-state index < -0.39 is 5.97 Å². The summed E-state index contributed by atoms with van der Waals surface area (Å²) in [4.78, 5) is 24.8. The van der Waals surface area contributed by atoms with Gasteiger partial charge in [-0.25, -0.2) is 4.79 Å². The van der Waals surface area contributed by atoms with E-state index in [4.69, 9.17) is 13.9 Å². The van der Waals surface area contributed by atoms with Gasteiger partial charge in [-0.05, 0) is 25.0 Å². The third-order valence-corrected chi connectivity index (χ3v) is 4.35. The van der Waals surface area contributed by atoms with E-state index in [1.165, 1.54) is 0 Å². The third kappa shape index (κ3) is 4.26. The molecular weight excluding hydrogens is 344 g/mol. The lowest BCUT2D eigenvalue weighted by Gasteiger charge is -2.06. The van der Waals surface area contributed by atoms with Crippen LogP contribution in [0.2, 0.25) is 0 Å². The van der Waals surface area contributed by atoms with Crippen molar-refractivity contribution in [1.29, 1.82) is 0 Å². The maximum atomic E-state index is 12.5. The van der Waals surface area contributed by atoms with Crippen LogP contribution in [-0.2, 0) is 22.5 Å². The fraction of sp³-hybridized carbons (Fsp3) is 0.273. The Bertz CT molecular complexity index is 937. The third-order valence-electron chi connectivity index (χ3n) is 4.35. The molecular formula is C22H22O5. The van der Waals surface area contributed by atoms with Crippen molar-refractivity contribution >= 4 is 22.7 Å². The number of ether oxygens (including phenoxy) is 2. The molecule has 0 saturated heterocycles. The highest BCUT2D eigenvalue weighted by molar-refractivity contribution is 6.00. The van der Waals surface area contributed by atoms with E-state index in [1.807, 2.05) is 44.2 Å². The normalized spacial score (nSPS) is 10.9. The molecule has 27 heavy (non-hydrogen) atoms. The van der Waals surface area contributed by atoms with E-state index in [0.717, 1.165) is 17.4 Å². The quantitative estimate of drug-likeness (QED) is 0.431. The number of para-hydroxylation sites is 1. The zero-order valence-corrected chi connectivity index (χ0v) is 15.5. The van der Waals surface area contributed by atoms with Crippen molar-refractivity contribution in [2.45, 2.75) is 26.9 Å². The molecule has 1 aromatic heterocycles. The number of furan rings is 1. The van der Waals surface area contributed by atoms with Gasteiger partial charge in [-0.15, -0.1) is 0 Å². The summed E-state index contributed by atoms with van der Waals surface area (Å²) >= 11 is 0. The summed E-state index contributed by atoms with van der Waals surface area (Å²) in [6, 6.07) is 14.6. The molecule has 0 amide bonds. The minimum atomic E-state index is -0.667. The zero-order chi connectivity index (χ0) is 19.2. The van der Waals surface area contributed by atoms with Gasteiger partial charge in [0.15, 0.2) is 12.4 Å². The smallest absolute Gasteiger partial charge is 0.375 e. The summed E-state index contributed by atoms with van der Waals surface area (Å²) in [5.41, 5.74) is 2.88. The second-order valence-corrected chi connectivity index (χ2v) is 6.09. The van der Waals surface area contributed by atoms with E-state index >= 15 is 0 Å². The fourth-order valence-corrected chi connectivity index (χ4v) is 2.82. The van der Waals surface area contributed by atoms with Crippen molar-refractivity contribution in [1.82, 2.24) is 0 Å². The maximum Gasteiger partial charge on any atom is 0.375 e. The van der Waals surface area contributed by atoms with Crippen molar-refractivity contribution < 1.29 is 23.5 Å². The molecule has 0 aliphatic carbocycles. The molecule has 0 aliphatic heterocycles. The molecule has 0 atom stereocenters. The first-order chi connectivity index (χ1) is 13.1. The van der Waals surface area contributed by atoms with Crippen molar-refractivity contribution in [2.75, 3.05) is 13.2 Å². The van der Waals surface area contributed by atoms with Crippen LogP contribution >= 0.6 is 0 Å². The number of fused-ring (bicyclic) bond motifs is 1. The Morgan fingerprint density at radius 1 is 1.00 bits per heavy atom. The fourth-order valence-electron chi connectivity index (χ4n) is 2.82. The van der Waals surface area contributed by atoms with Crippen LogP contribution in [0.1, 0.15) is 45.9 Å². The summed E-state index contributed by atoms with van der Waals surface area (Å²) < 4.78 is 16.3. The number of Topliss-reactive ketones (excluding diaryl/α,β-unsaturated/α-hetero) is 1. The topological polar surface area (TPSA) is 65.7 Å². The van der Waals surface area contributed by atoms with Crippen LogP contribution in [0, 0.1) is 0 Å². The zero-order valence-electron chi connectivity index (χ0n) is 15.5. The molecule has 0 saturated carbocycles. The van der Waals surface area contributed by atoms with Gasteiger partial charge in [0.25, 0.3) is 0 Å². The van der Waals surface area contributed by atoms with Crippen LogP contribution in [0.15, 0.2) is 52.9 Å². The Balaban J connectivity index is 1.74. The second kappa shape index (κ2) is 8.64. The molecule has 0 bridgehead atoms. The Morgan fingerprint density at radius 3 is 2.44 bits per heavy atom. The summed E-state index contributed by atoms with van der Waals surface area (Å²) in [5, 5.41) is 0.805. The Hall–Kier alpha value is -2.92. The lowest BCUT2D eigenvalue weighted by Crippen LogP contribution is -2.15. The number of ketones is 1. The number of hydrogen-bond donors (Lipinski definition) is 0. The molecule has 0 aliphatic rings. The lowest BCUT2D eigenvalue weighted by atomic mass is 10.1. The van der Waals surface area contributed by atoms with Crippen LogP contribution in [-0.4, -0.2) is 25.0 Å². The number of carbonyl (C=O) groups is 2. The van der Waals surface area contributed by atoms with Gasteiger partial charge < -0.3 is 13.9 Å². The van der Waals surface area contributed by atoms with E-state index in [2.05, 4.69) is 0 Å². The number of esters is 1. The van der Waals surface area contributed by atoms with Gasteiger partial charge in [0, 0.05) is 23.1 Å². The molecule has 3 rings (SSSR count). The number of benzene rings is 2. The van der Waals surface area contributed by atoms with Gasteiger partial charge in [-0.2, -0.15) is 0 Å². The molecule has 1 heterocycles. The van der Waals surface area contributed by atoms with Gasteiger partial charge in [0.2, 0.25) is 5.76 Å². The standard InChI is InChI=1S/C22H22O5/c1-3-15-9-11-16(12-10-15)19(23)14-26-22(24)21-18(13-25-4-2)17-7-5-6-8-20(17)27-21/h5-12H,3-4,13-14H2,1-2H3. The van der Waals surface area contributed by atoms with Crippen LogP contribution in [0.5, 0.6) is 0 Å². The van der Waals surface area contributed by atoms with Gasteiger partial charge >= 0.3 is 5.97 Å². The molecule has 0 unspecified atom stereocenters. The van der Waals surface area contributed by atoms with Gasteiger partial charge in [0.05, 0.1) is 6.61 Å². The predicted octanol–water partition coefficient (Wildman–Crippen LogP) is 4.57. The number of carbonyl (C=O) groups excluding carboxylic acids is 2.